The highest BCUT2D eigenvalue weighted by Crippen LogP contribution is 2.13. The normalized spacial score (nSPS) is 27.2. The average Bonchev–Trinajstić information content (AvgIpc) is 2.23. The maximum absolute atomic E-state index is 13.4. The summed E-state index contributed by atoms with van der Waals surface area (Å²) in [6.07, 6.45) is 1.68. The van der Waals surface area contributed by atoms with Gasteiger partial charge in [0.05, 0.1) is 6.04 Å². The van der Waals surface area contributed by atoms with Gasteiger partial charge in [0.1, 0.15) is 12.0 Å². The number of rotatable bonds is 2. The lowest BCUT2D eigenvalue weighted by molar-refractivity contribution is 0.244. The highest BCUT2D eigenvalue weighted by atomic mass is 19.1. The lowest BCUT2D eigenvalue weighted by Crippen LogP contribution is -2.45. The van der Waals surface area contributed by atoms with E-state index in [-0.39, 0.29) is 6.04 Å². The van der Waals surface area contributed by atoms with E-state index in [1.54, 1.807) is 6.20 Å². The molecule has 1 aromatic rings. The van der Waals surface area contributed by atoms with Crippen molar-refractivity contribution in [2.45, 2.75) is 18.6 Å². The van der Waals surface area contributed by atoms with Crippen molar-refractivity contribution in [3.05, 3.63) is 24.4 Å². The molecule has 2 heterocycles. The molecule has 0 aliphatic carbocycles. The molecule has 0 aromatic carbocycles. The Labute approximate surface area is 82.7 Å². The van der Waals surface area contributed by atoms with Crippen molar-refractivity contribution in [3.63, 3.8) is 0 Å². The van der Waals surface area contributed by atoms with Crippen LogP contribution in [0.3, 0.4) is 0 Å². The summed E-state index contributed by atoms with van der Waals surface area (Å²) in [6.45, 7) is 1.30. The Hall–Kier alpha value is -1.16. The lowest BCUT2D eigenvalue weighted by atomic mass is 10.1. The Morgan fingerprint density at radius 1 is 1.50 bits per heavy atom. The summed E-state index contributed by atoms with van der Waals surface area (Å²) in [7, 11) is 0. The first-order chi connectivity index (χ1) is 6.86. The van der Waals surface area contributed by atoms with Crippen LogP contribution in [0.25, 0.3) is 0 Å². The monoisotopic (exact) mass is 195 g/mol. The number of piperidine rings is 1. The van der Waals surface area contributed by atoms with Gasteiger partial charge in [-0.3, -0.25) is 0 Å². The molecule has 0 saturated carbocycles. The van der Waals surface area contributed by atoms with Crippen LogP contribution in [-0.2, 0) is 0 Å². The number of alkyl halides is 1. The Balaban J connectivity index is 1.96. The van der Waals surface area contributed by atoms with Crippen LogP contribution in [0.4, 0.5) is 10.2 Å². The number of nitrogens with one attached hydrogen (secondary N) is 2. The molecule has 76 valence electrons. The quantitative estimate of drug-likeness (QED) is 0.744. The zero-order valence-electron chi connectivity index (χ0n) is 7.91. The van der Waals surface area contributed by atoms with E-state index in [2.05, 4.69) is 15.6 Å². The minimum atomic E-state index is -0.828. The fourth-order valence-electron chi connectivity index (χ4n) is 1.62. The molecule has 1 aromatic heterocycles. The topological polar surface area (TPSA) is 37.0 Å². The van der Waals surface area contributed by atoms with Gasteiger partial charge in [0.25, 0.3) is 0 Å². The molecule has 1 aliphatic heterocycles. The Kier molecular flexibility index (Phi) is 2.93. The number of pyridine rings is 1. The highest BCUT2D eigenvalue weighted by Gasteiger charge is 2.24. The third-order valence-electron chi connectivity index (χ3n) is 2.41. The van der Waals surface area contributed by atoms with Gasteiger partial charge in [0.15, 0.2) is 0 Å². The van der Waals surface area contributed by atoms with Crippen LogP contribution in [-0.4, -0.2) is 30.3 Å². The molecule has 3 nitrogen and oxygen atoms in total. The molecule has 2 N–H and O–H groups in total. The van der Waals surface area contributed by atoms with E-state index in [0.29, 0.717) is 6.54 Å². The summed E-state index contributed by atoms with van der Waals surface area (Å²) in [5, 5.41) is 6.12. The molecule has 4 heteroatoms. The average molecular weight is 195 g/mol. The zero-order chi connectivity index (χ0) is 9.80. The van der Waals surface area contributed by atoms with E-state index in [0.717, 1.165) is 18.8 Å². The van der Waals surface area contributed by atoms with E-state index < -0.39 is 6.17 Å². The Bertz CT molecular complexity index is 278. The molecule has 1 aliphatic rings. The second-order valence-corrected chi connectivity index (χ2v) is 3.47. The summed E-state index contributed by atoms with van der Waals surface area (Å²) < 4.78 is 13.4. The van der Waals surface area contributed by atoms with Gasteiger partial charge in [-0.2, -0.15) is 0 Å². The van der Waals surface area contributed by atoms with Crippen LogP contribution in [0.2, 0.25) is 0 Å². The molecule has 0 bridgehead atoms. The molecule has 0 amide bonds. The molecule has 2 rings (SSSR count). The van der Waals surface area contributed by atoms with Crippen LogP contribution in [0.15, 0.2) is 24.4 Å². The first-order valence-electron chi connectivity index (χ1n) is 4.88. The van der Waals surface area contributed by atoms with E-state index >= 15 is 0 Å². The Morgan fingerprint density at radius 2 is 2.43 bits per heavy atom. The number of aromatic nitrogens is 1. The molecule has 2 atom stereocenters. The van der Waals surface area contributed by atoms with Gasteiger partial charge >= 0.3 is 0 Å². The fraction of sp³-hybridized carbons (Fsp3) is 0.500. The second-order valence-electron chi connectivity index (χ2n) is 3.47. The van der Waals surface area contributed by atoms with E-state index in [9.17, 15) is 4.39 Å². The van der Waals surface area contributed by atoms with Crippen molar-refractivity contribution in [1.29, 1.82) is 0 Å². The smallest absolute Gasteiger partial charge is 0.133 e. The largest absolute Gasteiger partial charge is 0.364 e. The van der Waals surface area contributed by atoms with Crippen molar-refractivity contribution in [2.75, 3.05) is 18.4 Å². The molecule has 0 spiro atoms. The lowest BCUT2D eigenvalue weighted by Gasteiger charge is -2.27. The maximum Gasteiger partial charge on any atom is 0.133 e. The molecule has 1 fully saturated rings. The predicted molar refractivity (Wildman–Crippen MR) is 54.0 cm³/mol. The summed E-state index contributed by atoms with van der Waals surface area (Å²) in [4.78, 5) is 4.11. The Morgan fingerprint density at radius 3 is 3.14 bits per heavy atom. The number of anilines is 1. The van der Waals surface area contributed by atoms with Gasteiger partial charge in [-0.25, -0.2) is 9.37 Å². The van der Waals surface area contributed by atoms with E-state index in [4.69, 9.17) is 0 Å². The van der Waals surface area contributed by atoms with E-state index in [1.165, 1.54) is 0 Å². The van der Waals surface area contributed by atoms with Crippen molar-refractivity contribution in [3.8, 4) is 0 Å². The zero-order valence-corrected chi connectivity index (χ0v) is 7.91. The SMILES string of the molecule is F[C@H]1CNCC[C@@H]1Nc1ccccn1. The van der Waals surface area contributed by atoms with Crippen LogP contribution in [0.5, 0.6) is 0 Å². The molecule has 0 radical (unpaired) electrons. The van der Waals surface area contributed by atoms with Gasteiger partial charge in [0.2, 0.25) is 0 Å². The van der Waals surface area contributed by atoms with Gasteiger partial charge in [-0.1, -0.05) is 6.07 Å². The third kappa shape index (κ3) is 2.20. The third-order valence-corrected chi connectivity index (χ3v) is 2.41. The molecular formula is C10H14FN3. The highest BCUT2D eigenvalue weighted by molar-refractivity contribution is 5.35. The standard InChI is InChI=1S/C10H14FN3/c11-8-7-12-6-4-9(8)14-10-3-1-2-5-13-10/h1-3,5,8-9,12H,4,6-7H2,(H,13,14)/t8-,9-/m0/s1. The minimum Gasteiger partial charge on any atom is -0.364 e. The second kappa shape index (κ2) is 4.37. The number of nitrogens with zero attached hydrogens (tertiary/aromatic N) is 1. The van der Waals surface area contributed by atoms with E-state index in [1.807, 2.05) is 18.2 Å². The minimum absolute atomic E-state index is 0.105. The van der Waals surface area contributed by atoms with Crippen LogP contribution < -0.4 is 10.6 Å². The van der Waals surface area contributed by atoms with Crippen LogP contribution in [0, 0.1) is 0 Å². The summed E-state index contributed by atoms with van der Waals surface area (Å²) in [5.74, 6) is 0.752. The fourth-order valence-corrected chi connectivity index (χ4v) is 1.62. The predicted octanol–water partition coefficient (Wildman–Crippen LogP) is 1.19. The summed E-state index contributed by atoms with van der Waals surface area (Å²) in [5.41, 5.74) is 0. The van der Waals surface area contributed by atoms with Crippen LogP contribution >= 0.6 is 0 Å². The van der Waals surface area contributed by atoms with Crippen molar-refractivity contribution < 1.29 is 4.39 Å². The van der Waals surface area contributed by atoms with Gasteiger partial charge in [-0.05, 0) is 25.1 Å². The van der Waals surface area contributed by atoms with Gasteiger partial charge < -0.3 is 10.6 Å². The number of hydrogen-bond donors (Lipinski definition) is 2. The number of hydrogen-bond acceptors (Lipinski definition) is 3. The summed E-state index contributed by atoms with van der Waals surface area (Å²) >= 11 is 0. The molecule has 0 unspecified atom stereocenters. The summed E-state index contributed by atoms with van der Waals surface area (Å²) in [6, 6.07) is 5.49. The maximum atomic E-state index is 13.4. The molecule has 14 heavy (non-hydrogen) atoms. The first kappa shape index (κ1) is 9.40. The molecule has 1 saturated heterocycles. The van der Waals surface area contributed by atoms with Crippen LogP contribution in [0.1, 0.15) is 6.42 Å². The van der Waals surface area contributed by atoms with Gasteiger partial charge in [0, 0.05) is 12.7 Å². The number of halogens is 1. The first-order valence-corrected chi connectivity index (χ1v) is 4.88. The van der Waals surface area contributed by atoms with Crippen molar-refractivity contribution >= 4 is 5.82 Å². The van der Waals surface area contributed by atoms with Gasteiger partial charge in [-0.15, -0.1) is 0 Å². The van der Waals surface area contributed by atoms with Crippen molar-refractivity contribution in [2.24, 2.45) is 0 Å². The van der Waals surface area contributed by atoms with Crippen molar-refractivity contribution in [1.82, 2.24) is 10.3 Å². The molecular weight excluding hydrogens is 181 g/mol.